The largest absolute Gasteiger partial charge is 0.393 e. The highest BCUT2D eigenvalue weighted by atomic mass is 16.6. The second kappa shape index (κ2) is 4.40. The smallest absolute Gasteiger partial charge is 0.292 e. The summed E-state index contributed by atoms with van der Waals surface area (Å²) in [4.78, 5) is 23.3. The van der Waals surface area contributed by atoms with Crippen molar-refractivity contribution >= 4 is 17.3 Å². The van der Waals surface area contributed by atoms with Gasteiger partial charge in [-0.05, 0) is 18.1 Å². The van der Waals surface area contributed by atoms with Crippen molar-refractivity contribution in [2.24, 2.45) is 0 Å². The standard InChI is InChI=1S/C11H13N3O3/c12-9-4-3-8(6-10(9)14(16)17)7-13-5-1-2-11(13)15/h3-4,6H,1-2,5,7,12H2. The molecule has 1 saturated heterocycles. The van der Waals surface area contributed by atoms with Crippen LogP contribution < -0.4 is 5.73 Å². The first-order valence-corrected chi connectivity index (χ1v) is 5.38. The zero-order valence-corrected chi connectivity index (χ0v) is 9.26. The number of carbonyl (C=O) groups excluding carboxylic acids is 1. The molecular formula is C11H13N3O3. The Morgan fingerprint density at radius 3 is 2.82 bits per heavy atom. The predicted octanol–water partition coefficient (Wildman–Crippen LogP) is 1.30. The van der Waals surface area contributed by atoms with Gasteiger partial charge in [0.15, 0.2) is 0 Å². The van der Waals surface area contributed by atoms with Crippen molar-refractivity contribution in [2.45, 2.75) is 19.4 Å². The fourth-order valence-corrected chi connectivity index (χ4v) is 1.94. The molecule has 6 heteroatoms. The van der Waals surface area contributed by atoms with Crippen molar-refractivity contribution < 1.29 is 9.72 Å². The molecule has 90 valence electrons. The molecule has 0 atom stereocenters. The van der Waals surface area contributed by atoms with E-state index < -0.39 is 4.92 Å². The normalized spacial score (nSPS) is 15.3. The number of nitrogen functional groups attached to an aromatic ring is 1. The van der Waals surface area contributed by atoms with Crippen molar-refractivity contribution in [1.82, 2.24) is 4.90 Å². The summed E-state index contributed by atoms with van der Waals surface area (Å²) in [7, 11) is 0. The van der Waals surface area contributed by atoms with Crippen LogP contribution >= 0.6 is 0 Å². The van der Waals surface area contributed by atoms with Crippen LogP contribution in [0.5, 0.6) is 0 Å². The fraction of sp³-hybridized carbons (Fsp3) is 0.364. The van der Waals surface area contributed by atoms with Gasteiger partial charge in [-0.2, -0.15) is 0 Å². The Balaban J connectivity index is 2.19. The maximum atomic E-state index is 11.4. The average molecular weight is 235 g/mol. The molecule has 2 rings (SSSR count). The molecule has 0 aliphatic carbocycles. The first kappa shape index (κ1) is 11.4. The van der Waals surface area contributed by atoms with Crippen LogP contribution in [0, 0.1) is 10.1 Å². The molecule has 1 aromatic carbocycles. The van der Waals surface area contributed by atoms with Crippen LogP contribution in [0.1, 0.15) is 18.4 Å². The topological polar surface area (TPSA) is 89.5 Å². The molecule has 0 bridgehead atoms. The number of nitro benzene ring substituents is 1. The molecule has 1 aliphatic heterocycles. The number of rotatable bonds is 3. The molecule has 6 nitrogen and oxygen atoms in total. The summed E-state index contributed by atoms with van der Waals surface area (Å²) in [6, 6.07) is 4.66. The van der Waals surface area contributed by atoms with Gasteiger partial charge in [-0.1, -0.05) is 6.07 Å². The highest BCUT2D eigenvalue weighted by Gasteiger charge is 2.21. The van der Waals surface area contributed by atoms with E-state index in [0.717, 1.165) is 18.5 Å². The zero-order chi connectivity index (χ0) is 12.4. The number of nitrogens with zero attached hydrogens (tertiary/aromatic N) is 2. The summed E-state index contributed by atoms with van der Waals surface area (Å²) < 4.78 is 0. The molecular weight excluding hydrogens is 222 g/mol. The number of hydrogen-bond donors (Lipinski definition) is 1. The summed E-state index contributed by atoms with van der Waals surface area (Å²) in [5.41, 5.74) is 6.28. The third-order valence-corrected chi connectivity index (χ3v) is 2.84. The van der Waals surface area contributed by atoms with Crippen LogP contribution in [0.25, 0.3) is 0 Å². The number of anilines is 1. The number of hydrogen-bond acceptors (Lipinski definition) is 4. The summed E-state index contributed by atoms with van der Waals surface area (Å²) in [5.74, 6) is 0.101. The van der Waals surface area contributed by atoms with E-state index in [1.54, 1.807) is 11.0 Å². The van der Waals surface area contributed by atoms with Crippen molar-refractivity contribution in [3.8, 4) is 0 Å². The third kappa shape index (κ3) is 2.35. The van der Waals surface area contributed by atoms with Crippen LogP contribution in [0.2, 0.25) is 0 Å². The van der Waals surface area contributed by atoms with Crippen LogP contribution in [0.3, 0.4) is 0 Å². The van der Waals surface area contributed by atoms with Gasteiger partial charge in [0.05, 0.1) is 4.92 Å². The lowest BCUT2D eigenvalue weighted by molar-refractivity contribution is -0.384. The monoisotopic (exact) mass is 235 g/mol. The van der Waals surface area contributed by atoms with Gasteiger partial charge >= 0.3 is 0 Å². The lowest BCUT2D eigenvalue weighted by Gasteiger charge is -2.15. The van der Waals surface area contributed by atoms with Gasteiger partial charge in [-0.15, -0.1) is 0 Å². The van der Waals surface area contributed by atoms with E-state index in [1.165, 1.54) is 12.1 Å². The number of benzene rings is 1. The molecule has 1 aromatic rings. The highest BCUT2D eigenvalue weighted by Crippen LogP contribution is 2.24. The maximum absolute atomic E-state index is 11.4. The molecule has 0 saturated carbocycles. The molecule has 0 unspecified atom stereocenters. The van der Waals surface area contributed by atoms with Crippen molar-refractivity contribution in [3.05, 3.63) is 33.9 Å². The molecule has 0 spiro atoms. The van der Waals surface area contributed by atoms with E-state index in [0.29, 0.717) is 13.0 Å². The Bertz CT molecular complexity index is 473. The Morgan fingerprint density at radius 1 is 1.47 bits per heavy atom. The number of carbonyl (C=O) groups is 1. The van der Waals surface area contributed by atoms with Gasteiger partial charge < -0.3 is 10.6 Å². The molecule has 17 heavy (non-hydrogen) atoms. The predicted molar refractivity (Wildman–Crippen MR) is 62.2 cm³/mol. The number of nitrogens with two attached hydrogens (primary N) is 1. The second-order valence-electron chi connectivity index (χ2n) is 4.07. The van der Waals surface area contributed by atoms with Crippen LogP contribution in [-0.4, -0.2) is 22.3 Å². The summed E-state index contributed by atoms with van der Waals surface area (Å²) in [6.45, 7) is 1.14. The van der Waals surface area contributed by atoms with Crippen molar-refractivity contribution in [1.29, 1.82) is 0 Å². The molecule has 1 heterocycles. The summed E-state index contributed by atoms with van der Waals surface area (Å²) in [6.07, 6.45) is 1.42. The Labute approximate surface area is 98.2 Å². The van der Waals surface area contributed by atoms with Crippen LogP contribution in [0.15, 0.2) is 18.2 Å². The molecule has 1 aliphatic rings. The van der Waals surface area contributed by atoms with Crippen LogP contribution in [-0.2, 0) is 11.3 Å². The molecule has 2 N–H and O–H groups in total. The van der Waals surface area contributed by atoms with E-state index in [4.69, 9.17) is 5.73 Å². The minimum absolute atomic E-state index is 0.101. The van der Waals surface area contributed by atoms with E-state index in [1.807, 2.05) is 0 Å². The summed E-state index contributed by atoms with van der Waals surface area (Å²) >= 11 is 0. The summed E-state index contributed by atoms with van der Waals surface area (Å²) in [5, 5.41) is 10.7. The van der Waals surface area contributed by atoms with E-state index in [-0.39, 0.29) is 17.3 Å². The molecule has 1 amide bonds. The second-order valence-corrected chi connectivity index (χ2v) is 4.07. The van der Waals surface area contributed by atoms with Gasteiger partial charge in [0, 0.05) is 25.6 Å². The van der Waals surface area contributed by atoms with E-state index in [2.05, 4.69) is 0 Å². The maximum Gasteiger partial charge on any atom is 0.292 e. The highest BCUT2D eigenvalue weighted by molar-refractivity contribution is 5.78. The number of likely N-dealkylation sites (tertiary alicyclic amines) is 1. The quantitative estimate of drug-likeness (QED) is 0.485. The Morgan fingerprint density at radius 2 is 2.24 bits per heavy atom. The van der Waals surface area contributed by atoms with Gasteiger partial charge in [0.25, 0.3) is 5.69 Å². The van der Waals surface area contributed by atoms with Gasteiger partial charge in [0.1, 0.15) is 5.69 Å². The number of nitro groups is 1. The first-order valence-electron chi connectivity index (χ1n) is 5.38. The van der Waals surface area contributed by atoms with Crippen molar-refractivity contribution in [2.75, 3.05) is 12.3 Å². The van der Waals surface area contributed by atoms with Gasteiger partial charge in [-0.25, -0.2) is 0 Å². The van der Waals surface area contributed by atoms with E-state index in [9.17, 15) is 14.9 Å². The molecule has 0 aromatic heterocycles. The van der Waals surface area contributed by atoms with Gasteiger partial charge in [-0.3, -0.25) is 14.9 Å². The van der Waals surface area contributed by atoms with Crippen LogP contribution in [0.4, 0.5) is 11.4 Å². The van der Waals surface area contributed by atoms with Crippen molar-refractivity contribution in [3.63, 3.8) is 0 Å². The molecule has 1 fully saturated rings. The van der Waals surface area contributed by atoms with E-state index >= 15 is 0 Å². The minimum Gasteiger partial charge on any atom is -0.393 e. The SMILES string of the molecule is Nc1ccc(CN2CCCC2=O)cc1[N+](=O)[O-]. The van der Waals surface area contributed by atoms with Gasteiger partial charge in [0.2, 0.25) is 5.91 Å². The fourth-order valence-electron chi connectivity index (χ4n) is 1.94. The number of amides is 1. The lowest BCUT2D eigenvalue weighted by Crippen LogP contribution is -2.23. The third-order valence-electron chi connectivity index (χ3n) is 2.84. The molecule has 0 radical (unpaired) electrons. The lowest BCUT2D eigenvalue weighted by atomic mass is 10.1. The zero-order valence-electron chi connectivity index (χ0n) is 9.26. The Kier molecular flexibility index (Phi) is 2.95. The minimum atomic E-state index is -0.509. The average Bonchev–Trinajstić information content (AvgIpc) is 2.67. The first-order chi connectivity index (χ1) is 8.08. The Hall–Kier alpha value is -2.11.